The molecule has 0 spiro atoms. The van der Waals surface area contributed by atoms with Crippen LogP contribution >= 0.6 is 11.6 Å². The molecule has 1 aromatic carbocycles. The summed E-state index contributed by atoms with van der Waals surface area (Å²) in [6.07, 6.45) is -0.338. The van der Waals surface area contributed by atoms with Crippen LogP contribution in [0.4, 0.5) is 0 Å². The minimum absolute atomic E-state index is 0.0322. The van der Waals surface area contributed by atoms with Crippen LogP contribution in [0.25, 0.3) is 0 Å². The molecule has 1 amide bonds. The molecule has 2 rings (SSSR count). The van der Waals surface area contributed by atoms with Crippen molar-refractivity contribution in [3.63, 3.8) is 0 Å². The van der Waals surface area contributed by atoms with Gasteiger partial charge in [0.15, 0.2) is 0 Å². The van der Waals surface area contributed by atoms with Crippen molar-refractivity contribution in [2.45, 2.75) is 32.9 Å². The molecule has 116 valence electrons. The van der Waals surface area contributed by atoms with Crippen LogP contribution in [-0.2, 0) is 0 Å². The predicted molar refractivity (Wildman–Crippen MR) is 84.8 cm³/mol. The van der Waals surface area contributed by atoms with Gasteiger partial charge in [-0.15, -0.1) is 0 Å². The minimum atomic E-state index is -0.338. The molecule has 21 heavy (non-hydrogen) atoms. The zero-order valence-electron chi connectivity index (χ0n) is 12.8. The lowest BCUT2D eigenvalue weighted by Gasteiger charge is -2.40. The third-order valence-electron chi connectivity index (χ3n) is 3.78. The molecular formula is C16H23ClN2O2. The number of hydrogen-bond acceptors (Lipinski definition) is 3. The first kappa shape index (κ1) is 16.3. The summed E-state index contributed by atoms with van der Waals surface area (Å²) in [6, 6.07) is 5.58. The highest BCUT2D eigenvalue weighted by Gasteiger charge is 2.28. The highest BCUT2D eigenvalue weighted by atomic mass is 35.5. The number of nitrogens with zero attached hydrogens (tertiary/aromatic N) is 2. The van der Waals surface area contributed by atoms with Gasteiger partial charge < -0.3 is 10.0 Å². The highest BCUT2D eigenvalue weighted by Crippen LogP contribution is 2.19. The molecule has 0 aromatic heterocycles. The molecule has 1 saturated heterocycles. The number of β-amino-alcohol motifs (C(OH)–C–C–N with tert-alkyl or cyclic N) is 1. The Hall–Kier alpha value is -1.10. The number of aryl methyl sites for hydroxylation is 1. The summed E-state index contributed by atoms with van der Waals surface area (Å²) in [5.41, 5.74) is 1.64. The Labute approximate surface area is 131 Å². The van der Waals surface area contributed by atoms with Crippen LogP contribution in [0.3, 0.4) is 0 Å². The maximum atomic E-state index is 12.6. The van der Waals surface area contributed by atoms with E-state index >= 15 is 0 Å². The van der Waals surface area contributed by atoms with Crippen molar-refractivity contribution in [3.05, 3.63) is 34.3 Å². The number of amides is 1. The van der Waals surface area contributed by atoms with Crippen LogP contribution in [0.2, 0.25) is 5.02 Å². The van der Waals surface area contributed by atoms with Crippen LogP contribution in [-0.4, -0.2) is 59.1 Å². The van der Waals surface area contributed by atoms with Gasteiger partial charge in [-0.25, -0.2) is 0 Å². The van der Waals surface area contributed by atoms with Gasteiger partial charge in [-0.3, -0.25) is 9.69 Å². The van der Waals surface area contributed by atoms with Gasteiger partial charge >= 0.3 is 0 Å². The summed E-state index contributed by atoms with van der Waals surface area (Å²) in [4.78, 5) is 16.7. The maximum Gasteiger partial charge on any atom is 0.254 e. The SMILES string of the molecule is Cc1cc(Cl)cc(C(=O)N2CCN(C[C@@H](C)O)C[C@@H]2C)c1. The smallest absolute Gasteiger partial charge is 0.254 e. The van der Waals surface area contributed by atoms with Crippen molar-refractivity contribution in [2.75, 3.05) is 26.2 Å². The summed E-state index contributed by atoms with van der Waals surface area (Å²) in [5, 5.41) is 10.1. The largest absolute Gasteiger partial charge is 0.392 e. The molecule has 4 nitrogen and oxygen atoms in total. The zero-order chi connectivity index (χ0) is 15.6. The fourth-order valence-electron chi connectivity index (χ4n) is 2.90. The van der Waals surface area contributed by atoms with Gasteiger partial charge in [0, 0.05) is 42.8 Å². The average Bonchev–Trinajstić information content (AvgIpc) is 2.36. The second-order valence-electron chi connectivity index (χ2n) is 5.97. The third-order valence-corrected chi connectivity index (χ3v) is 4.00. The standard InChI is InChI=1S/C16H23ClN2O2/c1-11-6-14(8-15(17)7-11)16(21)19-5-4-18(9-12(19)2)10-13(3)20/h6-8,12-13,20H,4-5,9-10H2,1-3H3/t12-,13+/m0/s1. The summed E-state index contributed by atoms with van der Waals surface area (Å²) in [7, 11) is 0. The van der Waals surface area contributed by atoms with Crippen molar-refractivity contribution in [1.82, 2.24) is 9.80 Å². The van der Waals surface area contributed by atoms with E-state index in [1.54, 1.807) is 13.0 Å². The fourth-order valence-corrected chi connectivity index (χ4v) is 3.19. The van der Waals surface area contributed by atoms with E-state index in [1.165, 1.54) is 0 Å². The number of benzene rings is 1. The van der Waals surface area contributed by atoms with Gasteiger partial charge in [0.05, 0.1) is 6.10 Å². The third kappa shape index (κ3) is 4.19. The fraction of sp³-hybridized carbons (Fsp3) is 0.562. The molecule has 0 saturated carbocycles. The molecule has 1 N–H and O–H groups in total. The van der Waals surface area contributed by atoms with Crippen LogP contribution in [0.15, 0.2) is 18.2 Å². The Balaban J connectivity index is 2.07. The molecule has 0 aliphatic carbocycles. The first-order valence-electron chi connectivity index (χ1n) is 7.35. The Morgan fingerprint density at radius 2 is 2.14 bits per heavy atom. The van der Waals surface area contributed by atoms with Gasteiger partial charge in [-0.2, -0.15) is 0 Å². The number of aliphatic hydroxyl groups is 1. The number of carbonyl (C=O) groups excluding carboxylic acids is 1. The highest BCUT2D eigenvalue weighted by molar-refractivity contribution is 6.31. The second-order valence-corrected chi connectivity index (χ2v) is 6.41. The lowest BCUT2D eigenvalue weighted by Crippen LogP contribution is -2.55. The molecule has 0 unspecified atom stereocenters. The Morgan fingerprint density at radius 3 is 2.71 bits per heavy atom. The number of hydrogen-bond donors (Lipinski definition) is 1. The van der Waals surface area contributed by atoms with Gasteiger partial charge in [0.1, 0.15) is 0 Å². The minimum Gasteiger partial charge on any atom is -0.392 e. The van der Waals surface area contributed by atoms with Crippen LogP contribution in [0, 0.1) is 6.92 Å². The molecule has 2 atom stereocenters. The van der Waals surface area contributed by atoms with Gasteiger partial charge in [0.2, 0.25) is 0 Å². The first-order chi connectivity index (χ1) is 9.86. The van der Waals surface area contributed by atoms with Crippen molar-refractivity contribution in [2.24, 2.45) is 0 Å². The lowest BCUT2D eigenvalue weighted by molar-refractivity contribution is 0.0383. The van der Waals surface area contributed by atoms with Crippen molar-refractivity contribution >= 4 is 17.5 Å². The molecule has 1 heterocycles. The monoisotopic (exact) mass is 310 g/mol. The molecule has 1 aromatic rings. The van der Waals surface area contributed by atoms with E-state index in [0.717, 1.165) is 18.7 Å². The number of carbonyl (C=O) groups is 1. The Bertz CT molecular complexity index is 499. The Morgan fingerprint density at radius 1 is 1.43 bits per heavy atom. The van der Waals surface area contributed by atoms with Crippen molar-refractivity contribution < 1.29 is 9.90 Å². The summed E-state index contributed by atoms with van der Waals surface area (Å²) < 4.78 is 0. The molecular weight excluding hydrogens is 288 g/mol. The second kappa shape index (κ2) is 6.77. The van der Waals surface area contributed by atoms with E-state index in [0.29, 0.717) is 23.7 Å². The number of piperazine rings is 1. The van der Waals surface area contributed by atoms with Gasteiger partial charge in [0.25, 0.3) is 5.91 Å². The maximum absolute atomic E-state index is 12.6. The molecule has 1 aliphatic rings. The normalized spacial score (nSPS) is 21.4. The van der Waals surface area contributed by atoms with E-state index in [-0.39, 0.29) is 18.1 Å². The summed E-state index contributed by atoms with van der Waals surface area (Å²) in [6.45, 7) is 8.69. The lowest BCUT2D eigenvalue weighted by atomic mass is 10.1. The van der Waals surface area contributed by atoms with E-state index in [2.05, 4.69) is 4.90 Å². The number of rotatable bonds is 3. The quantitative estimate of drug-likeness (QED) is 0.930. The van der Waals surface area contributed by atoms with Crippen LogP contribution in [0.1, 0.15) is 29.8 Å². The number of halogens is 1. The topological polar surface area (TPSA) is 43.8 Å². The molecule has 0 bridgehead atoms. The number of aliphatic hydroxyl groups excluding tert-OH is 1. The zero-order valence-corrected chi connectivity index (χ0v) is 13.6. The van der Waals surface area contributed by atoms with Gasteiger partial charge in [-0.05, 0) is 44.5 Å². The van der Waals surface area contributed by atoms with Crippen molar-refractivity contribution in [1.29, 1.82) is 0 Å². The molecule has 1 fully saturated rings. The molecule has 5 heteroatoms. The van der Waals surface area contributed by atoms with Gasteiger partial charge in [-0.1, -0.05) is 11.6 Å². The predicted octanol–water partition coefficient (Wildman–Crippen LogP) is 2.18. The summed E-state index contributed by atoms with van der Waals surface area (Å²) in [5.74, 6) is 0.0322. The van der Waals surface area contributed by atoms with E-state index < -0.39 is 0 Å². The van der Waals surface area contributed by atoms with E-state index in [1.807, 2.05) is 30.9 Å². The van der Waals surface area contributed by atoms with E-state index in [4.69, 9.17) is 11.6 Å². The average molecular weight is 311 g/mol. The van der Waals surface area contributed by atoms with E-state index in [9.17, 15) is 9.90 Å². The first-order valence-corrected chi connectivity index (χ1v) is 7.73. The van der Waals surface area contributed by atoms with Crippen LogP contribution < -0.4 is 0 Å². The molecule has 1 aliphatic heterocycles. The summed E-state index contributed by atoms with van der Waals surface area (Å²) >= 11 is 6.04. The Kier molecular flexibility index (Phi) is 5.25. The van der Waals surface area contributed by atoms with Crippen molar-refractivity contribution in [3.8, 4) is 0 Å². The molecule has 0 radical (unpaired) electrons. The van der Waals surface area contributed by atoms with Crippen LogP contribution in [0.5, 0.6) is 0 Å².